The molecule has 0 aliphatic heterocycles. The van der Waals surface area contributed by atoms with Gasteiger partial charge in [-0.2, -0.15) is 0 Å². The van der Waals surface area contributed by atoms with Crippen molar-refractivity contribution in [3.05, 3.63) is 70.2 Å². The third kappa shape index (κ3) is 4.46. The third-order valence-electron chi connectivity index (χ3n) is 3.09. The van der Waals surface area contributed by atoms with Gasteiger partial charge < -0.3 is 10.4 Å². The lowest BCUT2D eigenvalue weighted by Crippen LogP contribution is -2.21. The average Bonchev–Trinajstić information content (AvgIpc) is 2.46. The molecule has 0 aliphatic carbocycles. The molecule has 0 aliphatic rings. The minimum absolute atomic E-state index is 0.187. The van der Waals surface area contributed by atoms with E-state index in [2.05, 4.69) is 45.5 Å². The molecule has 0 saturated heterocycles. The molecule has 2 N–H and O–H groups in total. The molecule has 0 amide bonds. The molecule has 2 rings (SSSR count). The number of nitrogens with one attached hydrogen (secondary N) is 1. The maximum Gasteiger partial charge on any atom is 0.0449 e. The number of rotatable bonds is 6. The van der Waals surface area contributed by atoms with Crippen LogP contribution in [0.5, 0.6) is 0 Å². The molecule has 0 bridgehead atoms. The summed E-state index contributed by atoms with van der Waals surface area (Å²) in [4.78, 5) is 0. The van der Waals surface area contributed by atoms with E-state index in [-0.39, 0.29) is 12.6 Å². The highest BCUT2D eigenvalue weighted by atomic mass is 79.9. The molecule has 2 aromatic rings. The van der Waals surface area contributed by atoms with Gasteiger partial charge >= 0.3 is 0 Å². The number of hydrogen-bond acceptors (Lipinski definition) is 2. The van der Waals surface area contributed by atoms with Crippen molar-refractivity contribution in [1.29, 1.82) is 0 Å². The van der Waals surface area contributed by atoms with Crippen LogP contribution in [-0.2, 0) is 6.54 Å². The molecule has 3 heteroatoms. The molecule has 0 unspecified atom stereocenters. The molecule has 2 aromatic carbocycles. The molecule has 19 heavy (non-hydrogen) atoms. The van der Waals surface area contributed by atoms with Crippen LogP contribution in [0.3, 0.4) is 0 Å². The van der Waals surface area contributed by atoms with Crippen molar-refractivity contribution in [2.45, 2.75) is 19.0 Å². The van der Waals surface area contributed by atoms with Crippen LogP contribution in [0.25, 0.3) is 0 Å². The van der Waals surface area contributed by atoms with Crippen molar-refractivity contribution in [3.8, 4) is 0 Å². The quantitative estimate of drug-likeness (QED) is 0.851. The van der Waals surface area contributed by atoms with Crippen LogP contribution < -0.4 is 5.32 Å². The van der Waals surface area contributed by atoms with Gasteiger partial charge in [-0.25, -0.2) is 0 Å². The Morgan fingerprint density at radius 3 is 2.32 bits per heavy atom. The summed E-state index contributed by atoms with van der Waals surface area (Å²) < 4.78 is 1.09. The Morgan fingerprint density at radius 2 is 1.68 bits per heavy atom. The largest absolute Gasteiger partial charge is 0.396 e. The fraction of sp³-hybridized carbons (Fsp3) is 0.250. The maximum absolute atomic E-state index is 9.19. The number of aliphatic hydroxyl groups excluding tert-OH is 1. The Kier molecular flexibility index (Phi) is 5.58. The van der Waals surface area contributed by atoms with Crippen LogP contribution in [0, 0.1) is 0 Å². The molecule has 0 aromatic heterocycles. The summed E-state index contributed by atoms with van der Waals surface area (Å²) in [6, 6.07) is 18.7. The summed E-state index contributed by atoms with van der Waals surface area (Å²) in [5, 5.41) is 12.7. The first kappa shape index (κ1) is 14.3. The van der Waals surface area contributed by atoms with Gasteiger partial charge in [-0.05, 0) is 29.7 Å². The van der Waals surface area contributed by atoms with Gasteiger partial charge in [-0.15, -0.1) is 0 Å². The minimum atomic E-state index is 0.187. The topological polar surface area (TPSA) is 32.3 Å². The highest BCUT2D eigenvalue weighted by molar-refractivity contribution is 9.10. The third-order valence-corrected chi connectivity index (χ3v) is 3.61. The summed E-state index contributed by atoms with van der Waals surface area (Å²) in [6.45, 7) is 0.986. The fourth-order valence-electron chi connectivity index (χ4n) is 2.04. The van der Waals surface area contributed by atoms with Crippen molar-refractivity contribution < 1.29 is 5.11 Å². The van der Waals surface area contributed by atoms with Crippen LogP contribution in [0.4, 0.5) is 0 Å². The molecular formula is C16H18BrNO. The summed E-state index contributed by atoms with van der Waals surface area (Å²) >= 11 is 3.43. The van der Waals surface area contributed by atoms with E-state index in [0.29, 0.717) is 0 Å². The molecule has 0 heterocycles. The van der Waals surface area contributed by atoms with E-state index in [1.165, 1.54) is 11.1 Å². The lowest BCUT2D eigenvalue weighted by molar-refractivity contribution is 0.265. The van der Waals surface area contributed by atoms with Gasteiger partial charge in [0.1, 0.15) is 0 Å². The van der Waals surface area contributed by atoms with E-state index in [0.717, 1.165) is 17.4 Å². The lowest BCUT2D eigenvalue weighted by Gasteiger charge is -2.18. The molecule has 1 atom stereocenters. The predicted octanol–water partition coefficient (Wildman–Crippen LogP) is 3.66. The normalized spacial score (nSPS) is 12.3. The van der Waals surface area contributed by atoms with Crippen molar-refractivity contribution in [3.63, 3.8) is 0 Å². The Morgan fingerprint density at radius 1 is 1.00 bits per heavy atom. The Labute approximate surface area is 122 Å². The molecular weight excluding hydrogens is 302 g/mol. The van der Waals surface area contributed by atoms with E-state index in [9.17, 15) is 5.11 Å². The van der Waals surface area contributed by atoms with Gasteiger partial charge in [-0.3, -0.25) is 0 Å². The minimum Gasteiger partial charge on any atom is -0.396 e. The summed E-state index contributed by atoms with van der Waals surface area (Å²) in [6.07, 6.45) is 0.723. The highest BCUT2D eigenvalue weighted by Crippen LogP contribution is 2.17. The monoisotopic (exact) mass is 319 g/mol. The molecule has 0 radical (unpaired) electrons. The van der Waals surface area contributed by atoms with Crippen molar-refractivity contribution in [2.24, 2.45) is 0 Å². The smallest absolute Gasteiger partial charge is 0.0449 e. The zero-order valence-corrected chi connectivity index (χ0v) is 12.3. The number of hydrogen-bond donors (Lipinski definition) is 2. The van der Waals surface area contributed by atoms with Gasteiger partial charge in [0.2, 0.25) is 0 Å². The SMILES string of the molecule is OCC[C@@H](NCc1ccc(Br)cc1)c1ccccc1. The molecule has 0 fully saturated rings. The van der Waals surface area contributed by atoms with Gasteiger partial charge in [0.15, 0.2) is 0 Å². The summed E-state index contributed by atoms with van der Waals surface area (Å²) in [5.74, 6) is 0. The summed E-state index contributed by atoms with van der Waals surface area (Å²) in [5.41, 5.74) is 2.45. The molecule has 2 nitrogen and oxygen atoms in total. The van der Waals surface area contributed by atoms with Crippen molar-refractivity contribution in [1.82, 2.24) is 5.32 Å². The van der Waals surface area contributed by atoms with Crippen LogP contribution >= 0.6 is 15.9 Å². The fourth-order valence-corrected chi connectivity index (χ4v) is 2.31. The maximum atomic E-state index is 9.19. The van der Waals surface area contributed by atoms with E-state index in [1.54, 1.807) is 0 Å². The predicted molar refractivity (Wildman–Crippen MR) is 81.9 cm³/mol. The Bertz CT molecular complexity index is 484. The average molecular weight is 320 g/mol. The van der Waals surface area contributed by atoms with Crippen LogP contribution in [-0.4, -0.2) is 11.7 Å². The van der Waals surface area contributed by atoms with Gasteiger partial charge in [0, 0.05) is 23.7 Å². The second kappa shape index (κ2) is 7.43. The van der Waals surface area contributed by atoms with Gasteiger partial charge in [-0.1, -0.05) is 58.4 Å². The number of aliphatic hydroxyl groups is 1. The summed E-state index contributed by atoms with van der Waals surface area (Å²) in [7, 11) is 0. The van der Waals surface area contributed by atoms with Gasteiger partial charge in [0.05, 0.1) is 0 Å². The zero-order valence-electron chi connectivity index (χ0n) is 10.7. The molecule has 100 valence electrons. The first-order valence-corrected chi connectivity index (χ1v) is 7.22. The van der Waals surface area contributed by atoms with Crippen molar-refractivity contribution in [2.75, 3.05) is 6.61 Å². The van der Waals surface area contributed by atoms with Crippen LogP contribution in [0.2, 0.25) is 0 Å². The van der Waals surface area contributed by atoms with Crippen molar-refractivity contribution >= 4 is 15.9 Å². The van der Waals surface area contributed by atoms with E-state index in [4.69, 9.17) is 0 Å². The molecule has 0 saturated carbocycles. The van der Waals surface area contributed by atoms with Crippen LogP contribution in [0.1, 0.15) is 23.6 Å². The number of benzene rings is 2. The van der Waals surface area contributed by atoms with Gasteiger partial charge in [0.25, 0.3) is 0 Å². The highest BCUT2D eigenvalue weighted by Gasteiger charge is 2.09. The lowest BCUT2D eigenvalue weighted by atomic mass is 10.0. The van der Waals surface area contributed by atoms with E-state index >= 15 is 0 Å². The number of halogens is 1. The Balaban J connectivity index is 1.99. The molecule has 0 spiro atoms. The van der Waals surface area contributed by atoms with E-state index < -0.39 is 0 Å². The van der Waals surface area contributed by atoms with E-state index in [1.807, 2.05) is 30.3 Å². The Hall–Kier alpha value is -1.16. The second-order valence-electron chi connectivity index (χ2n) is 4.48. The standard InChI is InChI=1S/C16H18BrNO/c17-15-8-6-13(7-9-15)12-18-16(10-11-19)14-4-2-1-3-5-14/h1-9,16,18-19H,10-12H2/t16-/m1/s1. The first-order chi connectivity index (χ1) is 9.29. The van der Waals surface area contributed by atoms with Crippen LogP contribution in [0.15, 0.2) is 59.1 Å². The zero-order chi connectivity index (χ0) is 13.5. The second-order valence-corrected chi connectivity index (χ2v) is 5.40. The first-order valence-electron chi connectivity index (χ1n) is 6.43.